The Bertz CT molecular complexity index is 197. The summed E-state index contributed by atoms with van der Waals surface area (Å²) in [6.45, 7) is 0. The van der Waals surface area contributed by atoms with E-state index in [0.717, 1.165) is 19.3 Å². The van der Waals surface area contributed by atoms with Gasteiger partial charge >= 0.3 is 11.9 Å². The highest BCUT2D eigenvalue weighted by Crippen LogP contribution is 2.48. The first-order valence-electron chi connectivity index (χ1n) is 3.94. The van der Waals surface area contributed by atoms with Gasteiger partial charge in [-0.2, -0.15) is 0 Å². The zero-order valence-electron chi connectivity index (χ0n) is 6.26. The lowest BCUT2D eigenvalue weighted by molar-refractivity contribution is -0.172. The number of rotatable bonds is 0. The van der Waals surface area contributed by atoms with Crippen molar-refractivity contribution in [3.05, 3.63) is 0 Å². The van der Waals surface area contributed by atoms with E-state index in [9.17, 15) is 9.59 Å². The van der Waals surface area contributed by atoms with Gasteiger partial charge in [0.15, 0.2) is 0 Å². The second kappa shape index (κ2) is 2.06. The first kappa shape index (κ1) is 6.83. The molecule has 0 aromatic rings. The molecule has 0 aromatic carbocycles. The SMILES string of the molecule is O=C1CC2(CCC2)CC(=O)O1. The van der Waals surface area contributed by atoms with E-state index in [1.54, 1.807) is 0 Å². The van der Waals surface area contributed by atoms with Crippen molar-refractivity contribution in [3.8, 4) is 0 Å². The van der Waals surface area contributed by atoms with Gasteiger partial charge in [0.2, 0.25) is 0 Å². The summed E-state index contributed by atoms with van der Waals surface area (Å²) < 4.78 is 4.44. The Hall–Kier alpha value is -0.860. The van der Waals surface area contributed by atoms with Crippen LogP contribution in [-0.2, 0) is 14.3 Å². The minimum atomic E-state index is -0.332. The Morgan fingerprint density at radius 3 is 2.00 bits per heavy atom. The van der Waals surface area contributed by atoms with Crippen molar-refractivity contribution >= 4 is 11.9 Å². The number of carbonyl (C=O) groups excluding carboxylic acids is 2. The fourth-order valence-corrected chi connectivity index (χ4v) is 1.90. The van der Waals surface area contributed by atoms with Crippen molar-refractivity contribution in [1.82, 2.24) is 0 Å². The minimum absolute atomic E-state index is 0.0203. The Morgan fingerprint density at radius 1 is 1.09 bits per heavy atom. The molecule has 1 saturated carbocycles. The van der Waals surface area contributed by atoms with Crippen LogP contribution < -0.4 is 0 Å². The van der Waals surface area contributed by atoms with E-state index < -0.39 is 0 Å². The van der Waals surface area contributed by atoms with Gasteiger partial charge < -0.3 is 4.74 Å². The van der Waals surface area contributed by atoms with Crippen molar-refractivity contribution in [3.63, 3.8) is 0 Å². The number of hydrogen-bond acceptors (Lipinski definition) is 3. The normalized spacial score (nSPS) is 28.0. The van der Waals surface area contributed by atoms with Crippen molar-refractivity contribution < 1.29 is 14.3 Å². The van der Waals surface area contributed by atoms with Crippen LogP contribution in [0.3, 0.4) is 0 Å². The second-order valence-corrected chi connectivity index (χ2v) is 3.55. The van der Waals surface area contributed by atoms with E-state index in [1.165, 1.54) is 0 Å². The molecule has 0 unspecified atom stereocenters. The van der Waals surface area contributed by atoms with Gasteiger partial charge in [0.25, 0.3) is 0 Å². The van der Waals surface area contributed by atoms with Crippen LogP contribution in [0.25, 0.3) is 0 Å². The highest BCUT2D eigenvalue weighted by Gasteiger charge is 2.45. The highest BCUT2D eigenvalue weighted by atomic mass is 16.6. The fraction of sp³-hybridized carbons (Fsp3) is 0.750. The molecule has 0 bridgehead atoms. The summed E-state index contributed by atoms with van der Waals surface area (Å²) in [6, 6.07) is 0. The van der Waals surface area contributed by atoms with Crippen LogP contribution >= 0.6 is 0 Å². The topological polar surface area (TPSA) is 43.4 Å². The first-order valence-corrected chi connectivity index (χ1v) is 3.94. The summed E-state index contributed by atoms with van der Waals surface area (Å²) in [4.78, 5) is 21.7. The van der Waals surface area contributed by atoms with Crippen LogP contribution in [0.2, 0.25) is 0 Å². The summed E-state index contributed by atoms with van der Waals surface area (Å²) in [7, 11) is 0. The van der Waals surface area contributed by atoms with Crippen molar-refractivity contribution in [1.29, 1.82) is 0 Å². The predicted molar refractivity (Wildman–Crippen MR) is 36.6 cm³/mol. The van der Waals surface area contributed by atoms with E-state index in [-0.39, 0.29) is 17.4 Å². The largest absolute Gasteiger partial charge is 0.393 e. The van der Waals surface area contributed by atoms with Crippen LogP contribution in [0.1, 0.15) is 32.1 Å². The van der Waals surface area contributed by atoms with Gasteiger partial charge in [-0.05, 0) is 18.3 Å². The number of carbonyl (C=O) groups is 2. The quantitative estimate of drug-likeness (QED) is 0.386. The van der Waals surface area contributed by atoms with Crippen molar-refractivity contribution in [2.75, 3.05) is 0 Å². The summed E-state index contributed by atoms with van der Waals surface area (Å²) in [5.74, 6) is -0.665. The van der Waals surface area contributed by atoms with Crippen LogP contribution in [0, 0.1) is 5.41 Å². The van der Waals surface area contributed by atoms with Crippen LogP contribution in [0.5, 0.6) is 0 Å². The van der Waals surface area contributed by atoms with Crippen LogP contribution in [0.15, 0.2) is 0 Å². The molecule has 60 valence electrons. The molecule has 1 saturated heterocycles. The summed E-state index contributed by atoms with van der Waals surface area (Å²) in [6.07, 6.45) is 4.11. The summed E-state index contributed by atoms with van der Waals surface area (Å²) in [5.41, 5.74) is 0.0203. The molecule has 1 heterocycles. The molecule has 0 N–H and O–H groups in total. The molecule has 3 heteroatoms. The number of ether oxygens (including phenoxy) is 1. The molecule has 2 aliphatic rings. The maximum absolute atomic E-state index is 10.8. The van der Waals surface area contributed by atoms with Crippen LogP contribution in [0.4, 0.5) is 0 Å². The molecule has 0 amide bonds. The Kier molecular flexibility index (Phi) is 1.28. The van der Waals surface area contributed by atoms with Gasteiger partial charge in [0.05, 0.1) is 12.8 Å². The van der Waals surface area contributed by atoms with E-state index in [2.05, 4.69) is 4.74 Å². The summed E-state index contributed by atoms with van der Waals surface area (Å²) >= 11 is 0. The lowest BCUT2D eigenvalue weighted by Crippen LogP contribution is -2.40. The lowest BCUT2D eigenvalue weighted by Gasteiger charge is -2.42. The molecule has 0 radical (unpaired) electrons. The first-order chi connectivity index (χ1) is 5.20. The zero-order valence-corrected chi connectivity index (χ0v) is 6.26. The number of esters is 2. The fourth-order valence-electron chi connectivity index (χ4n) is 1.90. The Labute approximate surface area is 64.7 Å². The molecule has 0 aromatic heterocycles. The second-order valence-electron chi connectivity index (χ2n) is 3.55. The van der Waals surface area contributed by atoms with Gasteiger partial charge in [-0.3, -0.25) is 9.59 Å². The molecule has 1 spiro atoms. The van der Waals surface area contributed by atoms with E-state index in [4.69, 9.17) is 0 Å². The van der Waals surface area contributed by atoms with Gasteiger partial charge in [0, 0.05) is 0 Å². The molecule has 2 rings (SSSR count). The monoisotopic (exact) mass is 154 g/mol. The summed E-state index contributed by atoms with van der Waals surface area (Å²) in [5, 5.41) is 0. The van der Waals surface area contributed by atoms with E-state index >= 15 is 0 Å². The number of cyclic esters (lactones) is 2. The van der Waals surface area contributed by atoms with E-state index in [1.807, 2.05) is 0 Å². The average molecular weight is 154 g/mol. The number of hydrogen-bond donors (Lipinski definition) is 0. The standard InChI is InChI=1S/C8H10O3/c9-6-4-8(2-1-3-8)5-7(10)11-6/h1-5H2. The third-order valence-electron chi connectivity index (χ3n) is 2.68. The third-order valence-corrected chi connectivity index (χ3v) is 2.68. The van der Waals surface area contributed by atoms with Crippen molar-refractivity contribution in [2.45, 2.75) is 32.1 Å². The van der Waals surface area contributed by atoms with Gasteiger partial charge in [0.1, 0.15) is 0 Å². The average Bonchev–Trinajstić information content (AvgIpc) is 1.82. The Balaban J connectivity index is 2.12. The maximum atomic E-state index is 10.8. The Morgan fingerprint density at radius 2 is 1.64 bits per heavy atom. The predicted octanol–water partition coefficient (Wildman–Crippen LogP) is 1.02. The molecule has 2 fully saturated rings. The molecular formula is C8H10O3. The zero-order chi connectivity index (χ0) is 7.90. The molecule has 0 atom stereocenters. The highest BCUT2D eigenvalue weighted by molar-refractivity contribution is 5.89. The van der Waals surface area contributed by atoms with E-state index in [0.29, 0.717) is 12.8 Å². The molecular weight excluding hydrogens is 144 g/mol. The van der Waals surface area contributed by atoms with Gasteiger partial charge in [-0.15, -0.1) is 0 Å². The molecule has 3 nitrogen and oxygen atoms in total. The van der Waals surface area contributed by atoms with Crippen LogP contribution in [-0.4, -0.2) is 11.9 Å². The van der Waals surface area contributed by atoms with Gasteiger partial charge in [-0.25, -0.2) is 0 Å². The maximum Gasteiger partial charge on any atom is 0.314 e. The van der Waals surface area contributed by atoms with Crippen molar-refractivity contribution in [2.24, 2.45) is 5.41 Å². The third kappa shape index (κ3) is 1.04. The smallest absolute Gasteiger partial charge is 0.314 e. The molecule has 1 aliphatic heterocycles. The molecule has 1 aliphatic carbocycles. The molecule has 11 heavy (non-hydrogen) atoms. The lowest BCUT2D eigenvalue weighted by atomic mass is 9.64. The van der Waals surface area contributed by atoms with Gasteiger partial charge in [-0.1, -0.05) is 6.42 Å². The minimum Gasteiger partial charge on any atom is -0.393 e.